The molecule has 2 N–H and O–H groups in total. The topological polar surface area (TPSA) is 167 Å². The summed E-state index contributed by atoms with van der Waals surface area (Å²) in [6.07, 6.45) is 6.48. The predicted octanol–water partition coefficient (Wildman–Crippen LogP) is 7.49. The molecule has 2 aliphatic heterocycles. The van der Waals surface area contributed by atoms with Crippen molar-refractivity contribution < 1.29 is 52.3 Å². The Morgan fingerprint density at radius 1 is 0.536 bits per heavy atom. The first kappa shape index (κ1) is 57.8. The Morgan fingerprint density at radius 3 is 1.26 bits per heavy atom. The summed E-state index contributed by atoms with van der Waals surface area (Å²) >= 11 is 13.9. The number of thiocarbonyl (C=S) groups is 2. The molecular formula is C49H73N5O11S4. The molecule has 16 nitrogen and oxygen atoms in total. The summed E-state index contributed by atoms with van der Waals surface area (Å²) in [6, 6.07) is 6.47. The zero-order chi connectivity index (χ0) is 49.8. The fraction of sp³-hybridized carbons (Fsp3) is 0.633. The van der Waals surface area contributed by atoms with E-state index < -0.39 is 0 Å². The molecule has 2 heterocycles. The van der Waals surface area contributed by atoms with Gasteiger partial charge in [-0.2, -0.15) is 0 Å². The molecule has 2 saturated heterocycles. The molecule has 384 valence electrons. The van der Waals surface area contributed by atoms with Gasteiger partial charge in [-0.3, -0.25) is 33.9 Å². The van der Waals surface area contributed by atoms with Gasteiger partial charge in [0.15, 0.2) is 23.0 Å². The Bertz CT molecular complexity index is 1850. The third-order valence-corrected chi connectivity index (χ3v) is 13.8. The third kappa shape index (κ3) is 18.4. The standard InChI is InChI=1S/C49H73N5O11S4/c1-6-10-25-62-40-36(14-16-38(42(40)64-27-12-8-3)46(57)53-23-34-68-48(53)66)44(55)50-18-20-52(22-29-60-32-33-61-31-30-59-5)21-19-51-45(56)37-15-17-39(47(58)54-24-35-69-49(54)67)43(65-28-13-9-4)41(37)63-26-11-7-2/h14-17H,6-13,18-35H2,1-5H3,(H,50,55)(H,51,56). The number of amides is 4. The van der Waals surface area contributed by atoms with Crippen LogP contribution in [-0.2, 0) is 14.2 Å². The first-order valence-electron chi connectivity index (χ1n) is 24.4. The average Bonchev–Trinajstić information content (AvgIpc) is 3.99. The van der Waals surface area contributed by atoms with Gasteiger partial charge in [-0.1, -0.05) is 101 Å². The summed E-state index contributed by atoms with van der Waals surface area (Å²) in [6.45, 7) is 14.5. The number of methoxy groups -OCH3 is 1. The van der Waals surface area contributed by atoms with Crippen molar-refractivity contribution in [2.75, 3.05) is 124 Å². The summed E-state index contributed by atoms with van der Waals surface area (Å²) in [7, 11) is 1.62. The first-order valence-corrected chi connectivity index (χ1v) is 27.2. The molecule has 0 atom stereocenters. The molecule has 2 fully saturated rings. The lowest BCUT2D eigenvalue weighted by Gasteiger charge is -2.24. The van der Waals surface area contributed by atoms with Crippen LogP contribution in [0.1, 0.15) is 120 Å². The molecule has 0 radical (unpaired) electrons. The van der Waals surface area contributed by atoms with Crippen LogP contribution in [0.3, 0.4) is 0 Å². The van der Waals surface area contributed by atoms with E-state index in [0.717, 1.165) is 51.4 Å². The average molecular weight is 1040 g/mol. The predicted molar refractivity (Wildman–Crippen MR) is 281 cm³/mol. The highest BCUT2D eigenvalue weighted by Gasteiger charge is 2.33. The molecule has 69 heavy (non-hydrogen) atoms. The number of thioether (sulfide) groups is 2. The van der Waals surface area contributed by atoms with Gasteiger partial charge in [0.05, 0.1) is 81.7 Å². The van der Waals surface area contributed by atoms with E-state index >= 15 is 0 Å². The second kappa shape index (κ2) is 33.0. The Morgan fingerprint density at radius 2 is 0.899 bits per heavy atom. The number of hydrogen-bond donors (Lipinski definition) is 2. The first-order chi connectivity index (χ1) is 33.6. The molecule has 0 spiro atoms. The van der Waals surface area contributed by atoms with Gasteiger partial charge in [0.1, 0.15) is 8.64 Å². The van der Waals surface area contributed by atoms with Crippen molar-refractivity contribution in [1.29, 1.82) is 0 Å². The fourth-order valence-electron chi connectivity index (χ4n) is 6.95. The third-order valence-electron chi connectivity index (χ3n) is 10.9. The maximum absolute atomic E-state index is 14.1. The van der Waals surface area contributed by atoms with Crippen molar-refractivity contribution >= 4 is 80.2 Å². The van der Waals surface area contributed by atoms with E-state index in [1.165, 1.54) is 23.5 Å². The van der Waals surface area contributed by atoms with Gasteiger partial charge in [0.25, 0.3) is 23.6 Å². The Kier molecular flexibility index (Phi) is 27.6. The van der Waals surface area contributed by atoms with Crippen molar-refractivity contribution in [3.63, 3.8) is 0 Å². The van der Waals surface area contributed by atoms with Crippen molar-refractivity contribution in [2.45, 2.75) is 79.1 Å². The normalized spacial score (nSPS) is 13.6. The van der Waals surface area contributed by atoms with Gasteiger partial charge in [-0.25, -0.2) is 0 Å². The van der Waals surface area contributed by atoms with Gasteiger partial charge < -0.3 is 43.8 Å². The zero-order valence-corrected chi connectivity index (χ0v) is 44.4. The molecule has 0 saturated carbocycles. The minimum Gasteiger partial charge on any atom is -0.489 e. The molecule has 0 unspecified atom stereocenters. The summed E-state index contributed by atoms with van der Waals surface area (Å²) in [5.74, 6) is 1.03. The van der Waals surface area contributed by atoms with Crippen LogP contribution >= 0.6 is 48.0 Å². The number of nitrogens with zero attached hydrogens (tertiary/aromatic N) is 3. The number of unbranched alkanes of at least 4 members (excludes halogenated alkanes) is 4. The minimum atomic E-state index is -0.384. The maximum atomic E-state index is 14.1. The molecule has 2 aromatic carbocycles. The van der Waals surface area contributed by atoms with Gasteiger partial charge in [-0.05, 0) is 49.9 Å². The molecule has 2 aromatic rings. The summed E-state index contributed by atoms with van der Waals surface area (Å²) < 4.78 is 42.6. The molecule has 20 heteroatoms. The van der Waals surface area contributed by atoms with Crippen LogP contribution in [0.25, 0.3) is 0 Å². The second-order valence-electron chi connectivity index (χ2n) is 16.2. The Balaban J connectivity index is 1.53. The number of carbonyl (C=O) groups is 4. The lowest BCUT2D eigenvalue weighted by Crippen LogP contribution is -2.41. The number of hydrogen-bond acceptors (Lipinski definition) is 16. The summed E-state index contributed by atoms with van der Waals surface area (Å²) in [5, 5.41) is 6.10. The van der Waals surface area contributed by atoms with Crippen molar-refractivity contribution in [2.24, 2.45) is 0 Å². The molecular weight excluding hydrogens is 963 g/mol. The van der Waals surface area contributed by atoms with Crippen LogP contribution in [0.15, 0.2) is 24.3 Å². The van der Waals surface area contributed by atoms with Gasteiger partial charge in [-0.15, -0.1) is 0 Å². The zero-order valence-electron chi connectivity index (χ0n) is 41.2. The summed E-state index contributed by atoms with van der Waals surface area (Å²) in [5.41, 5.74) is 1.11. The number of carbonyl (C=O) groups excluding carboxylic acids is 4. The van der Waals surface area contributed by atoms with Crippen LogP contribution in [0, 0.1) is 0 Å². The quantitative estimate of drug-likeness (QED) is 0.0515. The van der Waals surface area contributed by atoms with E-state index in [9.17, 15) is 19.2 Å². The van der Waals surface area contributed by atoms with Gasteiger partial charge in [0.2, 0.25) is 0 Å². The number of ether oxygens (including phenoxy) is 7. The molecule has 4 rings (SSSR count). The second-order valence-corrected chi connectivity index (χ2v) is 19.6. The highest BCUT2D eigenvalue weighted by atomic mass is 32.2. The number of benzene rings is 2. The molecule has 2 aliphatic rings. The van der Waals surface area contributed by atoms with Crippen LogP contribution in [0.5, 0.6) is 23.0 Å². The fourth-order valence-corrected chi connectivity index (χ4v) is 9.36. The van der Waals surface area contributed by atoms with Crippen molar-refractivity contribution in [3.05, 3.63) is 46.5 Å². The highest BCUT2D eigenvalue weighted by Crippen LogP contribution is 2.39. The minimum absolute atomic E-state index is 0.231. The monoisotopic (exact) mass is 1040 g/mol. The van der Waals surface area contributed by atoms with Gasteiger partial charge >= 0.3 is 0 Å². The molecule has 0 bridgehead atoms. The van der Waals surface area contributed by atoms with E-state index in [4.69, 9.17) is 57.6 Å². The van der Waals surface area contributed by atoms with E-state index in [1.807, 2.05) is 13.8 Å². The van der Waals surface area contributed by atoms with Crippen LogP contribution in [-0.4, -0.2) is 171 Å². The molecule has 4 amide bonds. The number of rotatable bonds is 35. The smallest absolute Gasteiger partial charge is 0.263 e. The molecule has 0 aromatic heterocycles. The summed E-state index contributed by atoms with van der Waals surface area (Å²) in [4.78, 5) is 61.1. The highest BCUT2D eigenvalue weighted by molar-refractivity contribution is 8.23. The Labute approximate surface area is 428 Å². The SMILES string of the molecule is CCCCOc1c(C(=O)NCCN(CCNC(=O)c2ccc(C(=O)N3CCSC3=S)c(OCCCC)c2OCCCC)CCOCCOCCOC)ccc(C(=O)N2CCSC2=S)c1OCCCC. The maximum Gasteiger partial charge on any atom is 0.263 e. The van der Waals surface area contributed by atoms with Gasteiger partial charge in [0, 0.05) is 64.4 Å². The number of nitrogens with one attached hydrogen (secondary N) is 2. The Hall–Kier alpha value is -3.76. The van der Waals surface area contributed by atoms with Crippen LogP contribution < -0.4 is 29.6 Å². The van der Waals surface area contributed by atoms with E-state index in [-0.39, 0.29) is 70.8 Å². The van der Waals surface area contributed by atoms with Crippen LogP contribution in [0.2, 0.25) is 0 Å². The van der Waals surface area contributed by atoms with E-state index in [0.29, 0.717) is 123 Å². The van der Waals surface area contributed by atoms with E-state index in [1.54, 1.807) is 41.2 Å². The van der Waals surface area contributed by atoms with Crippen molar-refractivity contribution in [3.8, 4) is 23.0 Å². The van der Waals surface area contributed by atoms with E-state index in [2.05, 4.69) is 29.4 Å². The largest absolute Gasteiger partial charge is 0.489 e. The molecule has 0 aliphatic carbocycles. The lowest BCUT2D eigenvalue weighted by atomic mass is 10.1. The van der Waals surface area contributed by atoms with Crippen molar-refractivity contribution in [1.82, 2.24) is 25.3 Å². The lowest BCUT2D eigenvalue weighted by molar-refractivity contribution is 0.0196. The van der Waals surface area contributed by atoms with Crippen LogP contribution in [0.4, 0.5) is 0 Å².